The highest BCUT2D eigenvalue weighted by molar-refractivity contribution is 7.97. The van der Waals surface area contributed by atoms with Crippen molar-refractivity contribution < 1.29 is 0 Å². The molecule has 0 amide bonds. The van der Waals surface area contributed by atoms with Crippen LogP contribution < -0.4 is 10.5 Å². The van der Waals surface area contributed by atoms with Crippen LogP contribution in [0.5, 0.6) is 0 Å². The van der Waals surface area contributed by atoms with Crippen LogP contribution in [0.2, 0.25) is 0 Å². The molecule has 0 aliphatic heterocycles. The summed E-state index contributed by atoms with van der Waals surface area (Å²) in [5, 5.41) is 8.37. The Labute approximate surface area is 64.9 Å². The van der Waals surface area contributed by atoms with Crippen LogP contribution >= 0.6 is 11.9 Å². The Morgan fingerprint density at radius 1 is 1.30 bits per heavy atom. The van der Waals surface area contributed by atoms with E-state index in [1.54, 1.807) is 0 Å². The molecule has 3 heteroatoms. The van der Waals surface area contributed by atoms with Gasteiger partial charge in [-0.3, -0.25) is 5.14 Å². The largest absolute Gasteiger partial charge is 0.388 e. The van der Waals surface area contributed by atoms with Gasteiger partial charge in [-0.1, -0.05) is 0 Å². The van der Waals surface area contributed by atoms with Gasteiger partial charge in [0.15, 0.2) is 0 Å². The second-order valence-electron chi connectivity index (χ2n) is 1.89. The fraction of sp³-hybridized carbons (Fsp3) is 0.143. The standard InChI is InChI=1S/C7H10N2S/c1-9-6-2-4-7(10-8)5-3-6/h2-5,9H,8H2,1H3. The summed E-state index contributed by atoms with van der Waals surface area (Å²) in [7, 11) is 1.89. The van der Waals surface area contributed by atoms with Crippen molar-refractivity contribution in [2.45, 2.75) is 4.90 Å². The predicted octanol–water partition coefficient (Wildman–Crippen LogP) is 1.69. The molecule has 0 aromatic heterocycles. The molecule has 0 heterocycles. The lowest BCUT2D eigenvalue weighted by Gasteiger charge is -1.99. The Morgan fingerprint density at radius 2 is 1.90 bits per heavy atom. The monoisotopic (exact) mass is 154 g/mol. The first-order valence-corrected chi connectivity index (χ1v) is 3.89. The van der Waals surface area contributed by atoms with Crippen LogP contribution in [-0.4, -0.2) is 7.05 Å². The Kier molecular flexibility index (Phi) is 2.59. The van der Waals surface area contributed by atoms with E-state index >= 15 is 0 Å². The lowest BCUT2D eigenvalue weighted by atomic mass is 10.3. The van der Waals surface area contributed by atoms with E-state index in [1.165, 1.54) is 11.9 Å². The van der Waals surface area contributed by atoms with Crippen LogP contribution in [0.25, 0.3) is 0 Å². The van der Waals surface area contributed by atoms with Gasteiger partial charge in [-0.05, 0) is 36.2 Å². The molecule has 0 fully saturated rings. The minimum absolute atomic E-state index is 1.08. The third kappa shape index (κ3) is 1.65. The lowest BCUT2D eigenvalue weighted by molar-refractivity contribution is 1.42. The quantitative estimate of drug-likeness (QED) is 0.637. The van der Waals surface area contributed by atoms with Gasteiger partial charge < -0.3 is 5.32 Å². The van der Waals surface area contributed by atoms with E-state index in [0.29, 0.717) is 0 Å². The first-order chi connectivity index (χ1) is 4.86. The highest BCUT2D eigenvalue weighted by Crippen LogP contribution is 2.14. The average Bonchev–Trinajstić information content (AvgIpc) is 2.05. The number of hydrogen-bond donors (Lipinski definition) is 2. The molecule has 1 aromatic rings. The molecule has 0 aliphatic carbocycles. The van der Waals surface area contributed by atoms with Crippen LogP contribution in [0.1, 0.15) is 0 Å². The zero-order chi connectivity index (χ0) is 7.40. The van der Waals surface area contributed by atoms with Crippen molar-refractivity contribution in [1.82, 2.24) is 0 Å². The van der Waals surface area contributed by atoms with Gasteiger partial charge in [0.25, 0.3) is 0 Å². The summed E-state index contributed by atoms with van der Waals surface area (Å²) in [5.41, 5.74) is 1.11. The molecule has 1 rings (SSSR count). The molecule has 0 unspecified atom stereocenters. The molecule has 0 aliphatic rings. The van der Waals surface area contributed by atoms with Crippen LogP contribution in [0.3, 0.4) is 0 Å². The first kappa shape index (κ1) is 7.44. The van der Waals surface area contributed by atoms with Crippen molar-refractivity contribution >= 4 is 17.6 Å². The van der Waals surface area contributed by atoms with Gasteiger partial charge in [0.2, 0.25) is 0 Å². The first-order valence-electron chi connectivity index (χ1n) is 3.01. The van der Waals surface area contributed by atoms with E-state index in [9.17, 15) is 0 Å². The third-order valence-electron chi connectivity index (χ3n) is 1.28. The number of benzene rings is 1. The van der Waals surface area contributed by atoms with Crippen molar-refractivity contribution in [3.63, 3.8) is 0 Å². The maximum absolute atomic E-state index is 5.34. The Bertz CT molecular complexity index is 172. The van der Waals surface area contributed by atoms with Crippen molar-refractivity contribution in [2.24, 2.45) is 5.14 Å². The number of nitrogens with one attached hydrogen (secondary N) is 1. The summed E-state index contributed by atoms with van der Waals surface area (Å²) in [6.45, 7) is 0. The normalized spacial score (nSPS) is 9.40. The van der Waals surface area contributed by atoms with Gasteiger partial charge in [-0.2, -0.15) is 0 Å². The summed E-state index contributed by atoms with van der Waals surface area (Å²) < 4.78 is 0. The minimum atomic E-state index is 1.08. The summed E-state index contributed by atoms with van der Waals surface area (Å²) in [6.07, 6.45) is 0. The number of anilines is 1. The summed E-state index contributed by atoms with van der Waals surface area (Å²) in [5.74, 6) is 0. The average molecular weight is 154 g/mol. The Hall–Kier alpha value is -0.670. The van der Waals surface area contributed by atoms with Gasteiger partial charge in [0.05, 0.1) is 0 Å². The molecule has 0 bridgehead atoms. The van der Waals surface area contributed by atoms with Crippen molar-refractivity contribution in [3.05, 3.63) is 24.3 Å². The molecule has 0 radical (unpaired) electrons. The molecule has 0 atom stereocenters. The van der Waals surface area contributed by atoms with E-state index in [2.05, 4.69) is 5.32 Å². The smallest absolute Gasteiger partial charge is 0.0338 e. The molecular formula is C7H10N2S. The predicted molar refractivity (Wildman–Crippen MR) is 46.0 cm³/mol. The maximum Gasteiger partial charge on any atom is 0.0338 e. The van der Waals surface area contributed by atoms with Crippen molar-refractivity contribution in [1.29, 1.82) is 0 Å². The summed E-state index contributed by atoms with van der Waals surface area (Å²) >= 11 is 1.26. The molecule has 54 valence electrons. The van der Waals surface area contributed by atoms with Crippen molar-refractivity contribution in [3.8, 4) is 0 Å². The molecule has 3 N–H and O–H groups in total. The van der Waals surface area contributed by atoms with Gasteiger partial charge in [0, 0.05) is 17.6 Å². The highest BCUT2D eigenvalue weighted by atomic mass is 32.2. The van der Waals surface area contributed by atoms with E-state index in [0.717, 1.165) is 10.6 Å². The maximum atomic E-state index is 5.34. The van der Waals surface area contributed by atoms with Crippen LogP contribution in [-0.2, 0) is 0 Å². The van der Waals surface area contributed by atoms with Gasteiger partial charge in [-0.25, -0.2) is 0 Å². The molecule has 10 heavy (non-hydrogen) atoms. The molecule has 0 saturated carbocycles. The van der Waals surface area contributed by atoms with Gasteiger partial charge >= 0.3 is 0 Å². The Morgan fingerprint density at radius 3 is 2.30 bits per heavy atom. The number of hydrogen-bond acceptors (Lipinski definition) is 3. The van der Waals surface area contributed by atoms with E-state index < -0.39 is 0 Å². The fourth-order valence-corrected chi connectivity index (χ4v) is 0.993. The van der Waals surface area contributed by atoms with Crippen LogP contribution in [0.15, 0.2) is 29.2 Å². The molecule has 0 saturated heterocycles. The third-order valence-corrected chi connectivity index (χ3v) is 1.82. The van der Waals surface area contributed by atoms with Crippen molar-refractivity contribution in [2.75, 3.05) is 12.4 Å². The highest BCUT2D eigenvalue weighted by Gasteiger charge is 1.88. The second-order valence-corrected chi connectivity index (χ2v) is 2.60. The minimum Gasteiger partial charge on any atom is -0.388 e. The summed E-state index contributed by atoms with van der Waals surface area (Å²) in [4.78, 5) is 1.08. The topological polar surface area (TPSA) is 38.0 Å². The van der Waals surface area contributed by atoms with E-state index in [4.69, 9.17) is 5.14 Å². The molecule has 1 aromatic carbocycles. The zero-order valence-electron chi connectivity index (χ0n) is 5.79. The Balaban J connectivity index is 2.80. The molecule has 2 nitrogen and oxygen atoms in total. The molecule has 0 spiro atoms. The van der Waals surface area contributed by atoms with Gasteiger partial charge in [0.1, 0.15) is 0 Å². The van der Waals surface area contributed by atoms with Gasteiger partial charge in [-0.15, -0.1) is 0 Å². The van der Waals surface area contributed by atoms with E-state index in [-0.39, 0.29) is 0 Å². The SMILES string of the molecule is CNc1ccc(SN)cc1. The van der Waals surface area contributed by atoms with Crippen LogP contribution in [0, 0.1) is 0 Å². The second kappa shape index (κ2) is 3.49. The number of rotatable bonds is 2. The molecular weight excluding hydrogens is 144 g/mol. The zero-order valence-corrected chi connectivity index (χ0v) is 6.61. The fourth-order valence-electron chi connectivity index (χ4n) is 0.700. The number of nitrogens with two attached hydrogens (primary N) is 1. The summed E-state index contributed by atoms with van der Waals surface area (Å²) in [6, 6.07) is 7.96. The van der Waals surface area contributed by atoms with E-state index in [1.807, 2.05) is 31.3 Å². The van der Waals surface area contributed by atoms with Crippen LogP contribution in [0.4, 0.5) is 5.69 Å². The lowest BCUT2D eigenvalue weighted by Crippen LogP contribution is -1.86.